The van der Waals surface area contributed by atoms with Crippen LogP contribution in [-0.2, 0) is 6.54 Å². The van der Waals surface area contributed by atoms with Crippen molar-refractivity contribution in [2.75, 3.05) is 12.4 Å². The van der Waals surface area contributed by atoms with Crippen LogP contribution >= 0.6 is 43.2 Å². The first-order chi connectivity index (χ1) is 9.10. The lowest BCUT2D eigenvalue weighted by Gasteiger charge is -2.06. The Bertz CT molecular complexity index is 598. The van der Waals surface area contributed by atoms with Gasteiger partial charge in [0.15, 0.2) is 0 Å². The highest BCUT2D eigenvalue weighted by molar-refractivity contribution is 9.12. The van der Waals surface area contributed by atoms with E-state index in [1.54, 1.807) is 0 Å². The highest BCUT2D eigenvalue weighted by Crippen LogP contribution is 2.32. The predicted octanol–water partition coefficient (Wildman–Crippen LogP) is 4.24. The summed E-state index contributed by atoms with van der Waals surface area (Å²) in [5.74, 6) is -0.115. The van der Waals surface area contributed by atoms with Crippen molar-refractivity contribution in [2.24, 2.45) is 0 Å². The summed E-state index contributed by atoms with van der Waals surface area (Å²) < 4.78 is 1.75. The highest BCUT2D eigenvalue weighted by atomic mass is 79.9. The third-order valence-corrected chi connectivity index (χ3v) is 4.81. The van der Waals surface area contributed by atoms with Crippen LogP contribution in [0.2, 0.25) is 0 Å². The third-order valence-electron chi connectivity index (χ3n) is 2.47. The standard InChI is InChI=1S/C13H12Br2N2OS/c1-16-7-8-3-2-4-9(5-8)17-13(18)10-6-11(14)19-12(10)15/h2-6,16H,7H2,1H3,(H,17,18). The van der Waals surface area contributed by atoms with Crippen LogP contribution in [0.1, 0.15) is 15.9 Å². The fourth-order valence-electron chi connectivity index (χ4n) is 1.66. The number of thiophene rings is 1. The van der Waals surface area contributed by atoms with Gasteiger partial charge in [-0.05, 0) is 62.7 Å². The molecule has 3 nitrogen and oxygen atoms in total. The minimum absolute atomic E-state index is 0.115. The fraction of sp³-hybridized carbons (Fsp3) is 0.154. The lowest BCUT2D eigenvalue weighted by molar-refractivity contribution is 0.102. The molecule has 0 aliphatic carbocycles. The van der Waals surface area contributed by atoms with E-state index in [1.165, 1.54) is 11.3 Å². The molecule has 0 spiro atoms. The second-order valence-electron chi connectivity index (χ2n) is 3.92. The van der Waals surface area contributed by atoms with Gasteiger partial charge in [0.2, 0.25) is 0 Å². The maximum atomic E-state index is 12.1. The van der Waals surface area contributed by atoms with Gasteiger partial charge in [-0.2, -0.15) is 0 Å². The average Bonchev–Trinajstić information content (AvgIpc) is 2.69. The van der Waals surface area contributed by atoms with Crippen LogP contribution in [0, 0.1) is 0 Å². The maximum absolute atomic E-state index is 12.1. The average molecular weight is 404 g/mol. The SMILES string of the molecule is CNCc1cccc(NC(=O)c2cc(Br)sc2Br)c1. The molecular formula is C13H12Br2N2OS. The van der Waals surface area contributed by atoms with Gasteiger partial charge in [0.25, 0.3) is 5.91 Å². The van der Waals surface area contributed by atoms with E-state index in [0.29, 0.717) is 5.56 Å². The number of hydrogen-bond donors (Lipinski definition) is 2. The number of anilines is 1. The topological polar surface area (TPSA) is 41.1 Å². The van der Waals surface area contributed by atoms with Crippen molar-refractivity contribution in [2.45, 2.75) is 6.54 Å². The molecule has 100 valence electrons. The zero-order chi connectivity index (χ0) is 13.8. The van der Waals surface area contributed by atoms with Crippen molar-refractivity contribution in [1.29, 1.82) is 0 Å². The molecular weight excluding hydrogens is 392 g/mol. The van der Waals surface area contributed by atoms with E-state index in [2.05, 4.69) is 42.5 Å². The zero-order valence-corrected chi connectivity index (χ0v) is 14.2. The van der Waals surface area contributed by atoms with Crippen molar-refractivity contribution in [3.63, 3.8) is 0 Å². The monoisotopic (exact) mass is 402 g/mol. The van der Waals surface area contributed by atoms with Crippen molar-refractivity contribution >= 4 is 54.8 Å². The second-order valence-corrected chi connectivity index (χ2v) is 7.67. The Morgan fingerprint density at radius 3 is 2.74 bits per heavy atom. The Kier molecular flexibility index (Phi) is 5.15. The van der Waals surface area contributed by atoms with Crippen molar-refractivity contribution < 1.29 is 4.79 Å². The zero-order valence-electron chi connectivity index (χ0n) is 10.2. The van der Waals surface area contributed by atoms with Crippen LogP contribution in [0.25, 0.3) is 0 Å². The number of amides is 1. The molecule has 6 heteroatoms. The Morgan fingerprint density at radius 1 is 1.32 bits per heavy atom. The lowest BCUT2D eigenvalue weighted by atomic mass is 10.2. The van der Waals surface area contributed by atoms with Gasteiger partial charge >= 0.3 is 0 Å². The third kappa shape index (κ3) is 3.89. The van der Waals surface area contributed by atoms with E-state index in [9.17, 15) is 4.79 Å². The molecule has 1 aromatic carbocycles. The van der Waals surface area contributed by atoms with E-state index in [1.807, 2.05) is 37.4 Å². The van der Waals surface area contributed by atoms with Crippen LogP contribution in [0.3, 0.4) is 0 Å². The lowest BCUT2D eigenvalue weighted by Crippen LogP contribution is -2.12. The number of rotatable bonds is 4. The highest BCUT2D eigenvalue weighted by Gasteiger charge is 2.13. The van der Waals surface area contributed by atoms with E-state index in [4.69, 9.17) is 0 Å². The molecule has 1 aromatic heterocycles. The molecule has 0 saturated carbocycles. The largest absolute Gasteiger partial charge is 0.322 e. The molecule has 0 unspecified atom stereocenters. The first-order valence-corrected chi connectivity index (χ1v) is 8.00. The van der Waals surface area contributed by atoms with Gasteiger partial charge in [0.1, 0.15) is 0 Å². The van der Waals surface area contributed by atoms with Gasteiger partial charge in [0, 0.05) is 12.2 Å². The fourth-order valence-corrected chi connectivity index (χ4v) is 4.45. The molecule has 2 N–H and O–H groups in total. The summed E-state index contributed by atoms with van der Waals surface area (Å²) in [7, 11) is 1.89. The van der Waals surface area contributed by atoms with E-state index in [0.717, 1.165) is 25.4 Å². The molecule has 0 atom stereocenters. The Labute approximate surface area is 132 Å². The Balaban J connectivity index is 2.14. The molecule has 0 fully saturated rings. The summed E-state index contributed by atoms with van der Waals surface area (Å²) in [6.07, 6.45) is 0. The van der Waals surface area contributed by atoms with Crippen LogP contribution in [0.4, 0.5) is 5.69 Å². The summed E-state index contributed by atoms with van der Waals surface area (Å²) in [5, 5.41) is 5.98. The van der Waals surface area contributed by atoms with Crippen molar-refractivity contribution in [1.82, 2.24) is 5.32 Å². The summed E-state index contributed by atoms with van der Waals surface area (Å²) in [6.45, 7) is 0.775. The van der Waals surface area contributed by atoms with Gasteiger partial charge in [0.05, 0.1) is 13.1 Å². The quantitative estimate of drug-likeness (QED) is 0.801. The van der Waals surface area contributed by atoms with E-state index >= 15 is 0 Å². The Hall–Kier alpha value is -0.690. The minimum Gasteiger partial charge on any atom is -0.322 e. The second kappa shape index (κ2) is 6.65. The van der Waals surface area contributed by atoms with Gasteiger partial charge < -0.3 is 10.6 Å². The maximum Gasteiger partial charge on any atom is 0.257 e. The van der Waals surface area contributed by atoms with Crippen LogP contribution in [0.5, 0.6) is 0 Å². The van der Waals surface area contributed by atoms with Gasteiger partial charge in [-0.25, -0.2) is 0 Å². The van der Waals surface area contributed by atoms with Crippen LogP contribution < -0.4 is 10.6 Å². The van der Waals surface area contributed by atoms with E-state index < -0.39 is 0 Å². The molecule has 2 rings (SSSR count). The number of benzene rings is 1. The normalized spacial score (nSPS) is 10.5. The molecule has 1 amide bonds. The van der Waals surface area contributed by atoms with Crippen molar-refractivity contribution in [3.05, 3.63) is 49.0 Å². The molecule has 0 bridgehead atoms. The number of halogens is 2. The smallest absolute Gasteiger partial charge is 0.257 e. The molecule has 19 heavy (non-hydrogen) atoms. The summed E-state index contributed by atoms with van der Waals surface area (Å²) in [5.41, 5.74) is 2.56. The molecule has 0 aliphatic rings. The number of hydrogen-bond acceptors (Lipinski definition) is 3. The summed E-state index contributed by atoms with van der Waals surface area (Å²) in [4.78, 5) is 12.1. The first-order valence-electron chi connectivity index (χ1n) is 5.60. The van der Waals surface area contributed by atoms with Gasteiger partial charge in [-0.3, -0.25) is 4.79 Å². The molecule has 2 aromatic rings. The van der Waals surface area contributed by atoms with Gasteiger partial charge in [-0.15, -0.1) is 11.3 Å². The summed E-state index contributed by atoms with van der Waals surface area (Å²) in [6, 6.07) is 9.60. The first kappa shape index (κ1) is 14.7. The molecule has 0 saturated heterocycles. The Morgan fingerprint density at radius 2 is 2.11 bits per heavy atom. The van der Waals surface area contributed by atoms with Crippen molar-refractivity contribution in [3.8, 4) is 0 Å². The number of carbonyl (C=O) groups is 1. The van der Waals surface area contributed by atoms with Gasteiger partial charge in [-0.1, -0.05) is 12.1 Å². The minimum atomic E-state index is -0.115. The van der Waals surface area contributed by atoms with Crippen LogP contribution in [0.15, 0.2) is 37.9 Å². The number of nitrogens with one attached hydrogen (secondary N) is 2. The molecule has 1 heterocycles. The van der Waals surface area contributed by atoms with Crippen LogP contribution in [-0.4, -0.2) is 13.0 Å². The summed E-state index contributed by atoms with van der Waals surface area (Å²) >= 11 is 8.24. The predicted molar refractivity (Wildman–Crippen MR) is 86.9 cm³/mol. The number of carbonyl (C=O) groups excluding carboxylic acids is 1. The molecule has 0 aliphatic heterocycles. The van der Waals surface area contributed by atoms with E-state index in [-0.39, 0.29) is 5.91 Å². The molecule has 0 radical (unpaired) electrons.